The summed E-state index contributed by atoms with van der Waals surface area (Å²) in [6.07, 6.45) is 7.45. The van der Waals surface area contributed by atoms with Gasteiger partial charge in [-0.25, -0.2) is 4.79 Å². The summed E-state index contributed by atoms with van der Waals surface area (Å²) in [5, 5.41) is 9.27. The van der Waals surface area contributed by atoms with E-state index in [9.17, 15) is 9.90 Å². The molecule has 2 aliphatic rings. The van der Waals surface area contributed by atoms with Crippen LogP contribution in [0.5, 0.6) is 0 Å². The van der Waals surface area contributed by atoms with Crippen LogP contribution in [0.1, 0.15) is 27.9 Å². The number of carbonyl (C=O) groups is 1. The second kappa shape index (κ2) is 7.88. The number of rotatable bonds is 4. The van der Waals surface area contributed by atoms with E-state index in [2.05, 4.69) is 25.8 Å². The highest BCUT2D eigenvalue weighted by atomic mass is 16.4. The van der Waals surface area contributed by atoms with E-state index < -0.39 is 5.97 Å². The maximum Gasteiger partial charge on any atom is 0.335 e. The van der Waals surface area contributed by atoms with Crippen molar-refractivity contribution in [3.8, 4) is 11.3 Å². The van der Waals surface area contributed by atoms with E-state index in [1.807, 2.05) is 48.9 Å². The molecule has 1 fully saturated rings. The lowest BCUT2D eigenvalue weighted by atomic mass is 9.92. The fraction of sp³-hybridized carbons (Fsp3) is 0.292. The molecule has 6 heteroatoms. The molecule has 6 nitrogen and oxygen atoms in total. The van der Waals surface area contributed by atoms with Gasteiger partial charge in [-0.05, 0) is 60.4 Å². The number of benzene rings is 1. The number of aromatic carboxylic acids is 1. The molecular weight excluding hydrogens is 376 g/mol. The molecule has 152 valence electrons. The van der Waals surface area contributed by atoms with Crippen molar-refractivity contribution < 1.29 is 9.90 Å². The average molecular weight is 400 g/mol. The van der Waals surface area contributed by atoms with Crippen molar-refractivity contribution in [1.29, 1.82) is 0 Å². The quantitative estimate of drug-likeness (QED) is 0.723. The zero-order valence-electron chi connectivity index (χ0n) is 16.7. The Bertz CT molecular complexity index is 1070. The fourth-order valence-electron chi connectivity index (χ4n) is 4.73. The molecule has 0 amide bonds. The van der Waals surface area contributed by atoms with Crippen molar-refractivity contribution in [1.82, 2.24) is 14.9 Å². The highest BCUT2D eigenvalue weighted by Crippen LogP contribution is 2.34. The number of aryl methyl sites for hydroxylation is 1. The highest BCUT2D eigenvalue weighted by molar-refractivity contribution is 5.88. The lowest BCUT2D eigenvalue weighted by Gasteiger charge is -2.46. The van der Waals surface area contributed by atoms with Crippen LogP contribution in [0.15, 0.2) is 61.1 Å². The van der Waals surface area contributed by atoms with Gasteiger partial charge in [0.25, 0.3) is 0 Å². The second-order valence-corrected chi connectivity index (χ2v) is 8.02. The minimum atomic E-state index is -0.855. The van der Waals surface area contributed by atoms with Gasteiger partial charge in [0.1, 0.15) is 0 Å². The van der Waals surface area contributed by atoms with Crippen molar-refractivity contribution in [3.05, 3.63) is 77.7 Å². The molecule has 0 bridgehead atoms. The Labute approximate surface area is 175 Å². The van der Waals surface area contributed by atoms with Gasteiger partial charge in [-0.15, -0.1) is 0 Å². The van der Waals surface area contributed by atoms with Crippen LogP contribution in [0.2, 0.25) is 0 Å². The molecule has 0 radical (unpaired) electrons. The molecule has 1 aromatic carbocycles. The number of piperazine rings is 1. The molecule has 30 heavy (non-hydrogen) atoms. The third-order valence-electron chi connectivity index (χ3n) is 6.19. The third-order valence-corrected chi connectivity index (χ3v) is 6.19. The number of fused-ring (bicyclic) bond motifs is 3. The van der Waals surface area contributed by atoms with E-state index in [-0.39, 0.29) is 0 Å². The van der Waals surface area contributed by atoms with E-state index in [0.29, 0.717) is 11.6 Å². The topological polar surface area (TPSA) is 69.6 Å². The lowest BCUT2D eigenvalue weighted by molar-refractivity contribution is 0.0696. The van der Waals surface area contributed by atoms with Crippen LogP contribution >= 0.6 is 0 Å². The first-order chi connectivity index (χ1) is 14.7. The number of carboxylic acids is 1. The first kappa shape index (κ1) is 18.8. The standard InChI is InChI=1S/C24H24N4O2/c29-24(30)19-4-6-22-18(14-19)3-5-21-16-27(12-13-28(21)22)15-20-2-1-9-26-23(20)17-7-10-25-11-8-17/h1-2,4,6-11,14,21H,3,5,12-13,15-16H2,(H,29,30)/t21-/m0/s1. The van der Waals surface area contributed by atoms with Gasteiger partial charge < -0.3 is 10.0 Å². The van der Waals surface area contributed by atoms with Crippen LogP contribution in [0.4, 0.5) is 5.69 Å². The second-order valence-electron chi connectivity index (χ2n) is 8.02. The summed E-state index contributed by atoms with van der Waals surface area (Å²) in [6.45, 7) is 3.81. The lowest BCUT2D eigenvalue weighted by Crippen LogP contribution is -2.54. The van der Waals surface area contributed by atoms with Crippen molar-refractivity contribution in [2.24, 2.45) is 0 Å². The van der Waals surface area contributed by atoms with Gasteiger partial charge in [0, 0.05) is 62.1 Å². The van der Waals surface area contributed by atoms with Crippen molar-refractivity contribution in [2.75, 3.05) is 24.5 Å². The third kappa shape index (κ3) is 3.55. The van der Waals surface area contributed by atoms with Gasteiger partial charge in [-0.1, -0.05) is 6.07 Å². The van der Waals surface area contributed by atoms with Crippen molar-refractivity contribution in [3.63, 3.8) is 0 Å². The van der Waals surface area contributed by atoms with E-state index in [4.69, 9.17) is 0 Å². The minimum Gasteiger partial charge on any atom is -0.478 e. The Morgan fingerprint density at radius 2 is 1.97 bits per heavy atom. The van der Waals surface area contributed by atoms with Crippen LogP contribution in [0.25, 0.3) is 11.3 Å². The fourth-order valence-corrected chi connectivity index (χ4v) is 4.73. The molecule has 0 aliphatic carbocycles. The van der Waals surface area contributed by atoms with E-state index in [1.165, 1.54) is 11.3 Å². The smallest absolute Gasteiger partial charge is 0.335 e. The summed E-state index contributed by atoms with van der Waals surface area (Å²) in [5.74, 6) is -0.855. The van der Waals surface area contributed by atoms with Gasteiger partial charge in [-0.3, -0.25) is 14.9 Å². The minimum absolute atomic E-state index is 0.381. The summed E-state index contributed by atoms with van der Waals surface area (Å²) in [7, 11) is 0. The van der Waals surface area contributed by atoms with Gasteiger partial charge in [0.05, 0.1) is 11.3 Å². The van der Waals surface area contributed by atoms with E-state index >= 15 is 0 Å². The maximum absolute atomic E-state index is 11.3. The normalized spacial score (nSPS) is 18.5. The van der Waals surface area contributed by atoms with Gasteiger partial charge >= 0.3 is 5.97 Å². The van der Waals surface area contributed by atoms with E-state index in [0.717, 1.165) is 55.8 Å². The largest absolute Gasteiger partial charge is 0.478 e. The Morgan fingerprint density at radius 1 is 1.10 bits per heavy atom. The van der Waals surface area contributed by atoms with Gasteiger partial charge in [0.15, 0.2) is 0 Å². The molecule has 2 aromatic heterocycles. The summed E-state index contributed by atoms with van der Waals surface area (Å²) < 4.78 is 0. The first-order valence-electron chi connectivity index (χ1n) is 10.4. The first-order valence-corrected chi connectivity index (χ1v) is 10.4. The molecule has 0 spiro atoms. The van der Waals surface area contributed by atoms with Gasteiger partial charge in [0.2, 0.25) is 0 Å². The summed E-state index contributed by atoms with van der Waals surface area (Å²) in [6, 6.07) is 14.2. The number of anilines is 1. The molecule has 5 rings (SSSR count). The zero-order valence-corrected chi connectivity index (χ0v) is 16.7. The molecule has 1 saturated heterocycles. The Morgan fingerprint density at radius 3 is 2.80 bits per heavy atom. The van der Waals surface area contributed by atoms with Crippen LogP contribution in [-0.2, 0) is 13.0 Å². The zero-order chi connectivity index (χ0) is 20.5. The van der Waals surface area contributed by atoms with Crippen LogP contribution in [0.3, 0.4) is 0 Å². The molecule has 3 aromatic rings. The number of nitrogens with zero attached hydrogens (tertiary/aromatic N) is 4. The molecule has 1 N–H and O–H groups in total. The summed E-state index contributed by atoms with van der Waals surface area (Å²) in [4.78, 5) is 25.0. The highest BCUT2D eigenvalue weighted by Gasteiger charge is 2.32. The molecular formula is C24H24N4O2. The maximum atomic E-state index is 11.3. The predicted octanol–water partition coefficient (Wildman–Crippen LogP) is 3.48. The Hall–Kier alpha value is -3.25. The number of hydrogen-bond acceptors (Lipinski definition) is 5. The number of aromatic nitrogens is 2. The summed E-state index contributed by atoms with van der Waals surface area (Å²) >= 11 is 0. The monoisotopic (exact) mass is 400 g/mol. The van der Waals surface area contributed by atoms with Gasteiger partial charge in [-0.2, -0.15) is 0 Å². The number of hydrogen-bond donors (Lipinski definition) is 1. The molecule has 4 heterocycles. The van der Waals surface area contributed by atoms with Crippen LogP contribution in [-0.4, -0.2) is 51.6 Å². The van der Waals surface area contributed by atoms with Crippen LogP contribution < -0.4 is 4.90 Å². The SMILES string of the molecule is O=C(O)c1ccc2c(c1)CC[C@H]1CN(Cc3cccnc3-c3ccncc3)CCN21. The van der Waals surface area contributed by atoms with Crippen LogP contribution in [0, 0.1) is 0 Å². The number of pyridine rings is 2. The number of carboxylic acid groups (broad SMARTS) is 1. The van der Waals surface area contributed by atoms with Crippen molar-refractivity contribution in [2.45, 2.75) is 25.4 Å². The Balaban J connectivity index is 1.33. The summed E-state index contributed by atoms with van der Waals surface area (Å²) in [5.41, 5.74) is 6.10. The Kier molecular flexibility index (Phi) is 4.93. The predicted molar refractivity (Wildman–Crippen MR) is 116 cm³/mol. The average Bonchev–Trinajstić information content (AvgIpc) is 2.79. The molecule has 0 unspecified atom stereocenters. The molecule has 1 atom stereocenters. The molecule has 2 aliphatic heterocycles. The molecule has 0 saturated carbocycles. The van der Waals surface area contributed by atoms with Crippen molar-refractivity contribution >= 4 is 11.7 Å². The van der Waals surface area contributed by atoms with E-state index in [1.54, 1.807) is 6.07 Å².